The fourth-order valence-electron chi connectivity index (χ4n) is 6.08. The third-order valence-electron chi connectivity index (χ3n) is 8.39. The number of benzene rings is 3. The summed E-state index contributed by atoms with van der Waals surface area (Å²) in [7, 11) is -4.79. The van der Waals surface area contributed by atoms with E-state index in [4.69, 9.17) is 14.3 Å². The molecule has 0 fully saturated rings. The summed E-state index contributed by atoms with van der Waals surface area (Å²) in [4.78, 5) is 0. The van der Waals surface area contributed by atoms with E-state index in [0.717, 1.165) is 27.7 Å². The molecule has 6 nitrogen and oxygen atoms in total. The smallest absolute Gasteiger partial charge is 0.304 e. The van der Waals surface area contributed by atoms with Gasteiger partial charge in [-0.15, -0.1) is 5.10 Å². The Hall–Kier alpha value is -3.45. The average Bonchev–Trinajstić information content (AvgIpc) is 3.48. The first kappa shape index (κ1) is 33.9. The standard InChI is InChI=1S/C37H44F2N3O3P/c1-27(2)25-44-46(43,45-26-28(3)4)37(38,39)33-21-20-31(22-29(33)5)24-36(32-16-10-7-11-17-32,23-30-14-8-6-9-15-30)42-35-19-13-12-18-34(35)40-41-42/h6-22,27-29,33H,23-26H2,1-5H3. The molecule has 0 saturated carbocycles. The molecule has 0 aliphatic heterocycles. The second kappa shape index (κ2) is 14.1. The Labute approximate surface area is 271 Å². The SMILES string of the molecule is CC(C)COP(=O)(OCC(C)C)C(F)(F)C1C=CC(CC(Cc2ccccc2)(c2ccccc2)n2nnc3ccccc32)=CC1C. The lowest BCUT2D eigenvalue weighted by Gasteiger charge is -2.38. The van der Waals surface area contributed by atoms with Crippen LogP contribution < -0.4 is 0 Å². The molecule has 3 aromatic carbocycles. The van der Waals surface area contributed by atoms with Crippen LogP contribution in [0.3, 0.4) is 0 Å². The van der Waals surface area contributed by atoms with E-state index >= 15 is 8.78 Å². The molecule has 0 spiro atoms. The average molecular weight is 648 g/mol. The van der Waals surface area contributed by atoms with Gasteiger partial charge in [0, 0.05) is 12.8 Å². The minimum absolute atomic E-state index is 0.0815. The van der Waals surface area contributed by atoms with E-state index in [1.165, 1.54) is 6.08 Å². The molecule has 5 rings (SSSR count). The van der Waals surface area contributed by atoms with Gasteiger partial charge < -0.3 is 9.05 Å². The summed E-state index contributed by atoms with van der Waals surface area (Å²) >= 11 is 0. The third-order valence-corrected chi connectivity index (χ3v) is 10.4. The van der Waals surface area contributed by atoms with Gasteiger partial charge in [-0.25, -0.2) is 4.68 Å². The Morgan fingerprint density at radius 3 is 2.04 bits per heavy atom. The number of rotatable bonds is 14. The van der Waals surface area contributed by atoms with Crippen molar-refractivity contribution >= 4 is 18.6 Å². The van der Waals surface area contributed by atoms with Crippen molar-refractivity contribution in [3.05, 3.63) is 120 Å². The van der Waals surface area contributed by atoms with Crippen LogP contribution >= 0.6 is 7.60 Å². The van der Waals surface area contributed by atoms with Crippen LogP contribution in [0.15, 0.2) is 109 Å². The highest BCUT2D eigenvalue weighted by molar-refractivity contribution is 7.55. The number of alkyl halides is 2. The molecule has 3 unspecified atom stereocenters. The Morgan fingerprint density at radius 1 is 0.848 bits per heavy atom. The number of para-hydroxylation sites is 1. The van der Waals surface area contributed by atoms with Crippen molar-refractivity contribution in [1.29, 1.82) is 0 Å². The van der Waals surface area contributed by atoms with Gasteiger partial charge in [-0.3, -0.25) is 4.57 Å². The Balaban J connectivity index is 1.55. The van der Waals surface area contributed by atoms with E-state index in [1.54, 1.807) is 13.0 Å². The summed E-state index contributed by atoms with van der Waals surface area (Å²) in [6, 6.07) is 28.2. The first-order valence-electron chi connectivity index (χ1n) is 16.0. The molecule has 0 saturated heterocycles. The second-order valence-electron chi connectivity index (χ2n) is 13.2. The monoisotopic (exact) mass is 647 g/mol. The van der Waals surface area contributed by atoms with Crippen LogP contribution in [0, 0.1) is 23.7 Å². The van der Waals surface area contributed by atoms with Crippen molar-refractivity contribution in [1.82, 2.24) is 15.0 Å². The molecule has 0 amide bonds. The van der Waals surface area contributed by atoms with Crippen molar-refractivity contribution in [2.45, 2.75) is 58.7 Å². The zero-order chi connectivity index (χ0) is 33.0. The summed E-state index contributed by atoms with van der Waals surface area (Å²) in [5.41, 5.74) is 0.199. The van der Waals surface area contributed by atoms with Gasteiger partial charge in [0.1, 0.15) is 5.52 Å². The third kappa shape index (κ3) is 7.10. The number of allylic oxidation sites excluding steroid dienone is 4. The van der Waals surface area contributed by atoms with Crippen molar-refractivity contribution in [3.8, 4) is 0 Å². The maximum atomic E-state index is 16.3. The van der Waals surface area contributed by atoms with E-state index < -0.39 is 30.6 Å². The fraction of sp³-hybridized carbons (Fsp3) is 0.405. The molecule has 46 heavy (non-hydrogen) atoms. The van der Waals surface area contributed by atoms with Crippen LogP contribution in [0.4, 0.5) is 8.78 Å². The summed E-state index contributed by atoms with van der Waals surface area (Å²) in [6.07, 6.45) is 6.16. The van der Waals surface area contributed by atoms with Gasteiger partial charge in [0.05, 0.1) is 30.2 Å². The summed E-state index contributed by atoms with van der Waals surface area (Å²) < 4.78 is 59.3. The maximum Gasteiger partial charge on any atom is 0.400 e. The molecule has 0 radical (unpaired) electrons. The molecule has 1 aromatic heterocycles. The highest BCUT2D eigenvalue weighted by atomic mass is 31.2. The maximum absolute atomic E-state index is 16.3. The van der Waals surface area contributed by atoms with Gasteiger partial charge in [0.15, 0.2) is 0 Å². The molecule has 1 aliphatic carbocycles. The Kier molecular flexibility index (Phi) is 10.4. The van der Waals surface area contributed by atoms with Crippen molar-refractivity contribution < 1.29 is 22.4 Å². The van der Waals surface area contributed by atoms with E-state index in [1.807, 2.05) is 99.1 Å². The van der Waals surface area contributed by atoms with Gasteiger partial charge in [0.25, 0.3) is 0 Å². The van der Waals surface area contributed by atoms with Gasteiger partial charge in [-0.05, 0) is 46.6 Å². The number of hydrogen-bond acceptors (Lipinski definition) is 5. The first-order valence-corrected chi connectivity index (χ1v) is 17.6. The number of aromatic nitrogens is 3. The fourth-order valence-corrected chi connectivity index (χ4v) is 8.17. The highest BCUT2D eigenvalue weighted by Crippen LogP contribution is 2.67. The summed E-state index contributed by atoms with van der Waals surface area (Å²) in [6.45, 7) is 8.89. The van der Waals surface area contributed by atoms with E-state index in [9.17, 15) is 4.57 Å². The molecule has 244 valence electrons. The minimum atomic E-state index is -4.79. The van der Waals surface area contributed by atoms with Crippen molar-refractivity contribution in [3.63, 3.8) is 0 Å². The predicted molar refractivity (Wildman–Crippen MR) is 180 cm³/mol. The first-order chi connectivity index (χ1) is 21.9. The zero-order valence-corrected chi connectivity index (χ0v) is 28.1. The summed E-state index contributed by atoms with van der Waals surface area (Å²) in [5, 5.41) is 9.21. The topological polar surface area (TPSA) is 66.2 Å². The summed E-state index contributed by atoms with van der Waals surface area (Å²) in [5.74, 6) is -2.18. The second-order valence-corrected chi connectivity index (χ2v) is 15.3. The number of nitrogens with zero attached hydrogens (tertiary/aromatic N) is 3. The van der Waals surface area contributed by atoms with Crippen LogP contribution in [0.1, 0.15) is 52.2 Å². The van der Waals surface area contributed by atoms with Crippen LogP contribution in [0.5, 0.6) is 0 Å². The van der Waals surface area contributed by atoms with E-state index in [2.05, 4.69) is 29.4 Å². The quantitative estimate of drug-likeness (QED) is 0.128. The van der Waals surface area contributed by atoms with E-state index in [-0.39, 0.29) is 25.0 Å². The number of halogens is 2. The van der Waals surface area contributed by atoms with Crippen molar-refractivity contribution in [2.75, 3.05) is 13.2 Å². The van der Waals surface area contributed by atoms with Gasteiger partial charge in [0.2, 0.25) is 0 Å². The predicted octanol–water partition coefficient (Wildman–Crippen LogP) is 9.69. The van der Waals surface area contributed by atoms with Gasteiger partial charge in [-0.1, -0.05) is 131 Å². The number of fused-ring (bicyclic) bond motifs is 1. The minimum Gasteiger partial charge on any atom is -0.304 e. The van der Waals surface area contributed by atoms with Crippen LogP contribution in [-0.2, 0) is 25.6 Å². The van der Waals surface area contributed by atoms with Crippen LogP contribution in [0.2, 0.25) is 0 Å². The highest BCUT2D eigenvalue weighted by Gasteiger charge is 2.59. The van der Waals surface area contributed by atoms with Gasteiger partial charge >= 0.3 is 13.3 Å². The van der Waals surface area contributed by atoms with E-state index in [0.29, 0.717) is 12.8 Å². The molecule has 0 bridgehead atoms. The molecule has 3 atom stereocenters. The molecule has 4 aromatic rings. The normalized spacial score (nSPS) is 18.7. The van der Waals surface area contributed by atoms with Gasteiger partial charge in [-0.2, -0.15) is 8.78 Å². The molecular weight excluding hydrogens is 603 g/mol. The molecule has 0 N–H and O–H groups in total. The van der Waals surface area contributed by atoms with Crippen molar-refractivity contribution in [2.24, 2.45) is 23.7 Å². The molecular formula is C37H44F2N3O3P. The molecule has 1 heterocycles. The van der Waals surface area contributed by atoms with Crippen LogP contribution in [0.25, 0.3) is 11.0 Å². The largest absolute Gasteiger partial charge is 0.400 e. The van der Waals surface area contributed by atoms with Crippen LogP contribution in [-0.4, -0.2) is 33.9 Å². The lowest BCUT2D eigenvalue weighted by atomic mass is 9.76. The molecule has 1 aliphatic rings. The molecule has 9 heteroatoms. The zero-order valence-electron chi connectivity index (χ0n) is 27.2. The lowest BCUT2D eigenvalue weighted by molar-refractivity contribution is -0.0125. The Morgan fingerprint density at radius 2 is 1.43 bits per heavy atom. The number of hydrogen-bond donors (Lipinski definition) is 0. The Bertz CT molecular complexity index is 1690. The lowest BCUT2D eigenvalue weighted by Crippen LogP contribution is -2.39.